The number of benzene rings is 1. The van der Waals surface area contributed by atoms with Crippen molar-refractivity contribution in [3.05, 3.63) is 58.9 Å². The van der Waals surface area contributed by atoms with Gasteiger partial charge in [-0.15, -0.1) is 11.6 Å². The van der Waals surface area contributed by atoms with Crippen molar-refractivity contribution in [2.75, 3.05) is 26.1 Å². The Labute approximate surface area is 165 Å². The summed E-state index contributed by atoms with van der Waals surface area (Å²) >= 11 is 12.1. The van der Waals surface area contributed by atoms with Crippen molar-refractivity contribution in [2.24, 2.45) is 5.41 Å². The number of alkyl halides is 1. The van der Waals surface area contributed by atoms with E-state index in [1.165, 1.54) is 0 Å². The zero-order valence-corrected chi connectivity index (χ0v) is 17.1. The fourth-order valence-corrected chi connectivity index (χ4v) is 3.04. The van der Waals surface area contributed by atoms with E-state index < -0.39 is 5.41 Å². The third-order valence-corrected chi connectivity index (χ3v) is 5.19. The van der Waals surface area contributed by atoms with E-state index in [4.69, 9.17) is 27.9 Å². The molecule has 1 aromatic heterocycles. The first kappa shape index (κ1) is 20.8. The van der Waals surface area contributed by atoms with Gasteiger partial charge in [-0.3, -0.25) is 4.79 Å². The van der Waals surface area contributed by atoms with Gasteiger partial charge < -0.3 is 14.2 Å². The lowest BCUT2D eigenvalue weighted by Gasteiger charge is -2.31. The molecule has 2 rings (SSSR count). The standard InChI is InChI=1S/C20H26Cl2N2O2/c1-20(2,15-21)19(25)24(10-11-26-3)14-18-8-5-9-23(18)13-16-6-4-7-17(22)12-16/h4-9,12H,10-11,13-15H2,1-3H3. The van der Waals surface area contributed by atoms with Gasteiger partial charge in [0.2, 0.25) is 5.91 Å². The molecule has 0 aliphatic heterocycles. The lowest BCUT2D eigenvalue weighted by atomic mass is 9.94. The summed E-state index contributed by atoms with van der Waals surface area (Å²) in [5, 5.41) is 0.719. The number of halogens is 2. The van der Waals surface area contributed by atoms with E-state index in [1.54, 1.807) is 7.11 Å². The average molecular weight is 397 g/mol. The molecule has 1 amide bonds. The Morgan fingerprint density at radius 2 is 2.04 bits per heavy atom. The Morgan fingerprint density at radius 3 is 2.69 bits per heavy atom. The van der Waals surface area contributed by atoms with E-state index in [-0.39, 0.29) is 11.8 Å². The maximum Gasteiger partial charge on any atom is 0.229 e. The molecular formula is C20H26Cl2N2O2. The summed E-state index contributed by atoms with van der Waals surface area (Å²) in [6.45, 7) is 5.96. The van der Waals surface area contributed by atoms with Crippen molar-refractivity contribution in [1.82, 2.24) is 9.47 Å². The summed E-state index contributed by atoms with van der Waals surface area (Å²) in [7, 11) is 1.64. The summed E-state index contributed by atoms with van der Waals surface area (Å²) < 4.78 is 7.31. The largest absolute Gasteiger partial charge is 0.383 e. The predicted molar refractivity (Wildman–Crippen MR) is 107 cm³/mol. The zero-order chi connectivity index (χ0) is 19.2. The molecule has 6 heteroatoms. The number of hydrogen-bond acceptors (Lipinski definition) is 2. The lowest BCUT2D eigenvalue weighted by Crippen LogP contribution is -2.43. The van der Waals surface area contributed by atoms with Crippen LogP contribution in [0.25, 0.3) is 0 Å². The fraction of sp³-hybridized carbons (Fsp3) is 0.450. The van der Waals surface area contributed by atoms with E-state index in [1.807, 2.05) is 61.3 Å². The Kier molecular flexibility index (Phi) is 7.56. The van der Waals surface area contributed by atoms with Gasteiger partial charge in [-0.1, -0.05) is 23.7 Å². The molecule has 2 aromatic rings. The maximum atomic E-state index is 12.9. The molecule has 0 bridgehead atoms. The SMILES string of the molecule is COCCN(Cc1cccn1Cc1cccc(Cl)c1)C(=O)C(C)(C)CCl. The molecule has 0 unspecified atom stereocenters. The van der Waals surface area contributed by atoms with Gasteiger partial charge >= 0.3 is 0 Å². The van der Waals surface area contributed by atoms with E-state index in [0.717, 1.165) is 16.3 Å². The van der Waals surface area contributed by atoms with Crippen LogP contribution in [0.4, 0.5) is 0 Å². The fourth-order valence-electron chi connectivity index (χ4n) is 2.71. The number of rotatable bonds is 9. The van der Waals surface area contributed by atoms with Crippen LogP contribution in [0.1, 0.15) is 25.1 Å². The van der Waals surface area contributed by atoms with Crippen molar-refractivity contribution >= 4 is 29.1 Å². The highest BCUT2D eigenvalue weighted by atomic mass is 35.5. The highest BCUT2D eigenvalue weighted by Crippen LogP contribution is 2.22. The molecule has 0 saturated heterocycles. The quantitative estimate of drug-likeness (QED) is 0.587. The molecule has 1 heterocycles. The van der Waals surface area contributed by atoms with Crippen LogP contribution in [0.3, 0.4) is 0 Å². The molecule has 0 fully saturated rings. The molecule has 0 aliphatic carbocycles. The molecule has 1 aromatic carbocycles. The minimum Gasteiger partial charge on any atom is -0.383 e. The number of hydrogen-bond donors (Lipinski definition) is 0. The van der Waals surface area contributed by atoms with Crippen LogP contribution in [0.15, 0.2) is 42.6 Å². The Hall–Kier alpha value is -1.49. The van der Waals surface area contributed by atoms with Crippen LogP contribution < -0.4 is 0 Å². The molecule has 4 nitrogen and oxygen atoms in total. The molecule has 0 saturated carbocycles. The van der Waals surface area contributed by atoms with Gasteiger partial charge in [-0.25, -0.2) is 0 Å². The van der Waals surface area contributed by atoms with Gasteiger partial charge in [0.25, 0.3) is 0 Å². The number of aromatic nitrogens is 1. The Balaban J connectivity index is 2.18. The minimum absolute atomic E-state index is 0.0278. The second kappa shape index (κ2) is 9.45. The highest BCUT2D eigenvalue weighted by molar-refractivity contribution is 6.30. The van der Waals surface area contributed by atoms with Crippen LogP contribution in [0, 0.1) is 5.41 Å². The van der Waals surface area contributed by atoms with E-state index in [2.05, 4.69) is 4.57 Å². The van der Waals surface area contributed by atoms with Gasteiger partial charge in [0.05, 0.1) is 18.6 Å². The smallest absolute Gasteiger partial charge is 0.229 e. The van der Waals surface area contributed by atoms with Crippen molar-refractivity contribution < 1.29 is 9.53 Å². The summed E-state index contributed by atoms with van der Waals surface area (Å²) in [6.07, 6.45) is 2.02. The zero-order valence-electron chi connectivity index (χ0n) is 15.5. The first-order valence-electron chi connectivity index (χ1n) is 8.60. The molecule has 0 aliphatic rings. The summed E-state index contributed by atoms with van der Waals surface area (Å²) in [4.78, 5) is 14.7. The van der Waals surface area contributed by atoms with E-state index >= 15 is 0 Å². The molecule has 26 heavy (non-hydrogen) atoms. The minimum atomic E-state index is -0.611. The number of methoxy groups -OCH3 is 1. The molecular weight excluding hydrogens is 371 g/mol. The second-order valence-electron chi connectivity index (χ2n) is 6.99. The van der Waals surface area contributed by atoms with E-state index in [9.17, 15) is 4.79 Å². The van der Waals surface area contributed by atoms with Crippen molar-refractivity contribution in [3.63, 3.8) is 0 Å². The average Bonchev–Trinajstić information content (AvgIpc) is 3.04. The third kappa shape index (κ3) is 5.50. The summed E-state index contributed by atoms with van der Waals surface area (Å²) in [6, 6.07) is 11.8. The lowest BCUT2D eigenvalue weighted by molar-refractivity contribution is -0.140. The Morgan fingerprint density at radius 1 is 1.27 bits per heavy atom. The summed E-state index contributed by atoms with van der Waals surface area (Å²) in [5.41, 5.74) is 1.56. The topological polar surface area (TPSA) is 34.5 Å². The summed E-state index contributed by atoms with van der Waals surface area (Å²) in [5.74, 6) is 0.304. The van der Waals surface area contributed by atoms with Gasteiger partial charge in [0, 0.05) is 43.0 Å². The van der Waals surface area contributed by atoms with Crippen LogP contribution in [0.5, 0.6) is 0 Å². The molecule has 0 spiro atoms. The van der Waals surface area contributed by atoms with Crippen LogP contribution in [0.2, 0.25) is 5.02 Å². The normalized spacial score (nSPS) is 11.6. The molecule has 0 radical (unpaired) electrons. The first-order chi connectivity index (χ1) is 12.4. The third-order valence-electron chi connectivity index (χ3n) is 4.28. The number of ether oxygens (including phenoxy) is 1. The van der Waals surface area contributed by atoms with Crippen molar-refractivity contribution in [3.8, 4) is 0 Å². The van der Waals surface area contributed by atoms with Crippen LogP contribution >= 0.6 is 23.2 Å². The van der Waals surface area contributed by atoms with E-state index in [0.29, 0.717) is 26.2 Å². The highest BCUT2D eigenvalue weighted by Gasteiger charge is 2.31. The first-order valence-corrected chi connectivity index (χ1v) is 9.51. The number of amides is 1. The molecule has 0 N–H and O–H groups in total. The van der Waals surface area contributed by atoms with Crippen LogP contribution in [-0.4, -0.2) is 41.5 Å². The number of nitrogens with zero attached hydrogens (tertiary/aromatic N) is 2. The Bertz CT molecular complexity index is 728. The van der Waals surface area contributed by atoms with Crippen molar-refractivity contribution in [2.45, 2.75) is 26.9 Å². The van der Waals surface area contributed by atoms with Gasteiger partial charge in [-0.05, 0) is 43.7 Å². The molecule has 142 valence electrons. The maximum absolute atomic E-state index is 12.9. The second-order valence-corrected chi connectivity index (χ2v) is 7.70. The number of carbonyl (C=O) groups excluding carboxylic acids is 1. The molecule has 0 atom stereocenters. The van der Waals surface area contributed by atoms with Gasteiger partial charge in [0.15, 0.2) is 0 Å². The van der Waals surface area contributed by atoms with Crippen molar-refractivity contribution in [1.29, 1.82) is 0 Å². The number of carbonyl (C=O) groups is 1. The van der Waals surface area contributed by atoms with Crippen LogP contribution in [-0.2, 0) is 22.6 Å². The monoisotopic (exact) mass is 396 g/mol. The van der Waals surface area contributed by atoms with Gasteiger partial charge in [0.1, 0.15) is 0 Å². The van der Waals surface area contributed by atoms with Gasteiger partial charge in [-0.2, -0.15) is 0 Å². The predicted octanol–water partition coefficient (Wildman–Crippen LogP) is 4.43.